The van der Waals surface area contributed by atoms with Gasteiger partial charge in [0, 0.05) is 23.9 Å². The molecular weight excluding hydrogens is 469 g/mol. The molecule has 2 unspecified atom stereocenters. The van der Waals surface area contributed by atoms with E-state index < -0.39 is 11.7 Å². The highest BCUT2D eigenvalue weighted by molar-refractivity contribution is 6.05. The molecule has 0 radical (unpaired) electrons. The molecule has 1 fully saturated rings. The molecule has 9 heteroatoms. The number of nitrogens with one attached hydrogen (secondary N) is 1. The van der Waals surface area contributed by atoms with Crippen molar-refractivity contribution in [2.45, 2.75) is 50.7 Å². The zero-order valence-corrected chi connectivity index (χ0v) is 19.6. The van der Waals surface area contributed by atoms with Crippen LogP contribution in [0, 0.1) is 5.92 Å². The van der Waals surface area contributed by atoms with Gasteiger partial charge in [-0.25, -0.2) is 4.98 Å². The minimum atomic E-state index is -4.47. The second kappa shape index (κ2) is 9.37. The zero-order chi connectivity index (χ0) is 25.4. The summed E-state index contributed by atoms with van der Waals surface area (Å²) in [5.41, 5.74) is 1.41. The van der Waals surface area contributed by atoms with Crippen LogP contribution in [0.4, 0.5) is 24.7 Å². The molecule has 3 aromatic rings. The van der Waals surface area contributed by atoms with E-state index in [4.69, 9.17) is 0 Å². The fourth-order valence-electron chi connectivity index (χ4n) is 5.16. The molecule has 2 aliphatic rings. The summed E-state index contributed by atoms with van der Waals surface area (Å²) in [5, 5.41) is 2.93. The van der Waals surface area contributed by atoms with E-state index in [0.29, 0.717) is 23.5 Å². The number of nitrogens with zero attached hydrogens (tertiary/aromatic N) is 3. The number of amides is 2. The maximum Gasteiger partial charge on any atom is 0.416 e. The molecule has 1 aromatic carbocycles. The van der Waals surface area contributed by atoms with E-state index in [1.165, 1.54) is 23.2 Å². The Morgan fingerprint density at radius 3 is 2.44 bits per heavy atom. The van der Waals surface area contributed by atoms with Crippen molar-refractivity contribution in [1.29, 1.82) is 0 Å². The molecule has 2 amide bonds. The van der Waals surface area contributed by atoms with E-state index in [9.17, 15) is 22.8 Å². The highest BCUT2D eigenvalue weighted by Crippen LogP contribution is 2.48. The average Bonchev–Trinajstić information content (AvgIpc) is 2.89. The maximum absolute atomic E-state index is 13.5. The SMILES string of the molecule is C[C@H](NC(=O)c1cnc2c(c1)C1CCCCC1C(=O)N2c1ccc(C(F)(F)F)cc1)c1ccccn1. The third-order valence-electron chi connectivity index (χ3n) is 7.00. The quantitative estimate of drug-likeness (QED) is 0.487. The summed E-state index contributed by atoms with van der Waals surface area (Å²) < 4.78 is 39.2. The van der Waals surface area contributed by atoms with E-state index in [1.807, 2.05) is 19.1 Å². The molecule has 5 rings (SSSR count). The molecular formula is C27H25F3N4O2. The summed E-state index contributed by atoms with van der Waals surface area (Å²) >= 11 is 0. The summed E-state index contributed by atoms with van der Waals surface area (Å²) in [5.74, 6) is -0.493. The molecule has 1 N–H and O–H groups in total. The van der Waals surface area contributed by atoms with Gasteiger partial charge in [-0.3, -0.25) is 19.5 Å². The Morgan fingerprint density at radius 1 is 1.06 bits per heavy atom. The van der Waals surface area contributed by atoms with Gasteiger partial charge >= 0.3 is 6.18 Å². The van der Waals surface area contributed by atoms with Crippen molar-refractivity contribution >= 4 is 23.3 Å². The van der Waals surface area contributed by atoms with Gasteiger partial charge in [-0.05, 0) is 68.1 Å². The van der Waals surface area contributed by atoms with Crippen LogP contribution in [0.1, 0.15) is 71.7 Å². The first-order valence-electron chi connectivity index (χ1n) is 12.0. The van der Waals surface area contributed by atoms with Crippen LogP contribution in [-0.2, 0) is 11.0 Å². The van der Waals surface area contributed by atoms with E-state index in [0.717, 1.165) is 42.7 Å². The molecule has 186 valence electrons. The Labute approximate surface area is 206 Å². The number of halogens is 3. The van der Waals surface area contributed by atoms with Crippen LogP contribution in [0.2, 0.25) is 0 Å². The van der Waals surface area contributed by atoms with Gasteiger partial charge in [-0.2, -0.15) is 13.2 Å². The van der Waals surface area contributed by atoms with Crippen molar-refractivity contribution in [2.75, 3.05) is 4.90 Å². The molecule has 0 saturated heterocycles. The van der Waals surface area contributed by atoms with Gasteiger partial charge in [0.2, 0.25) is 5.91 Å². The number of rotatable bonds is 4. The lowest BCUT2D eigenvalue weighted by atomic mass is 9.72. The molecule has 3 heterocycles. The van der Waals surface area contributed by atoms with Crippen LogP contribution in [0.3, 0.4) is 0 Å². The van der Waals surface area contributed by atoms with Crippen molar-refractivity contribution in [3.63, 3.8) is 0 Å². The van der Waals surface area contributed by atoms with Gasteiger partial charge in [0.25, 0.3) is 5.91 Å². The monoisotopic (exact) mass is 494 g/mol. The third-order valence-corrected chi connectivity index (χ3v) is 7.00. The summed E-state index contributed by atoms with van der Waals surface area (Å²) in [7, 11) is 0. The van der Waals surface area contributed by atoms with Crippen molar-refractivity contribution in [3.8, 4) is 0 Å². The second-order valence-electron chi connectivity index (χ2n) is 9.30. The van der Waals surface area contributed by atoms with Crippen LogP contribution in [0.25, 0.3) is 0 Å². The van der Waals surface area contributed by atoms with E-state index in [-0.39, 0.29) is 29.7 Å². The van der Waals surface area contributed by atoms with Gasteiger partial charge in [-0.1, -0.05) is 18.9 Å². The zero-order valence-electron chi connectivity index (χ0n) is 19.6. The summed E-state index contributed by atoms with van der Waals surface area (Å²) in [4.78, 5) is 36.7. The van der Waals surface area contributed by atoms with Gasteiger partial charge in [0.05, 0.1) is 28.6 Å². The molecule has 1 aliphatic heterocycles. The Hall–Kier alpha value is -3.75. The minimum Gasteiger partial charge on any atom is -0.344 e. The predicted octanol–water partition coefficient (Wildman–Crippen LogP) is 5.94. The Balaban J connectivity index is 1.50. The number of carbonyl (C=O) groups excluding carboxylic acids is 2. The topological polar surface area (TPSA) is 75.2 Å². The molecule has 1 saturated carbocycles. The van der Waals surface area contributed by atoms with Crippen LogP contribution in [0.15, 0.2) is 60.9 Å². The standard InChI is InChI=1S/C27H25F3N4O2/c1-16(23-8-4-5-13-31-23)33-25(35)17-14-22-20-6-2-3-7-21(20)26(36)34(24(22)32-15-17)19-11-9-18(10-12-19)27(28,29)30/h4-5,8-16,20-21H,2-3,6-7H2,1H3,(H,33,35)/t16-,20?,21?/m0/s1. The largest absolute Gasteiger partial charge is 0.416 e. The average molecular weight is 495 g/mol. The Bertz CT molecular complexity index is 1280. The number of anilines is 2. The first-order chi connectivity index (χ1) is 17.2. The van der Waals surface area contributed by atoms with Gasteiger partial charge in [0.1, 0.15) is 5.82 Å². The van der Waals surface area contributed by atoms with Crippen LogP contribution < -0.4 is 10.2 Å². The lowest BCUT2D eigenvalue weighted by molar-refractivity contribution is -0.137. The summed E-state index contributed by atoms with van der Waals surface area (Å²) in [6.45, 7) is 1.84. The fourth-order valence-corrected chi connectivity index (χ4v) is 5.16. The Kier molecular flexibility index (Phi) is 6.24. The molecule has 3 atom stereocenters. The number of carbonyl (C=O) groups is 2. The highest BCUT2D eigenvalue weighted by atomic mass is 19.4. The van der Waals surface area contributed by atoms with Gasteiger partial charge in [0.15, 0.2) is 0 Å². The van der Waals surface area contributed by atoms with Crippen molar-refractivity contribution < 1.29 is 22.8 Å². The molecule has 36 heavy (non-hydrogen) atoms. The number of fused-ring (bicyclic) bond motifs is 3. The van der Waals surface area contributed by atoms with Crippen LogP contribution in [0.5, 0.6) is 0 Å². The van der Waals surface area contributed by atoms with Crippen LogP contribution in [-0.4, -0.2) is 21.8 Å². The number of hydrogen-bond donors (Lipinski definition) is 1. The summed E-state index contributed by atoms with van der Waals surface area (Å²) in [6, 6.07) is 11.5. The summed E-state index contributed by atoms with van der Waals surface area (Å²) in [6.07, 6.45) is 1.94. The van der Waals surface area contributed by atoms with Crippen molar-refractivity contribution in [2.24, 2.45) is 5.92 Å². The van der Waals surface area contributed by atoms with Crippen molar-refractivity contribution in [3.05, 3.63) is 83.3 Å². The fraction of sp³-hybridized carbons (Fsp3) is 0.333. The number of alkyl halides is 3. The van der Waals surface area contributed by atoms with E-state index in [2.05, 4.69) is 15.3 Å². The number of hydrogen-bond acceptors (Lipinski definition) is 4. The molecule has 0 bridgehead atoms. The Morgan fingerprint density at radius 2 is 1.78 bits per heavy atom. The smallest absolute Gasteiger partial charge is 0.344 e. The third kappa shape index (κ3) is 4.45. The predicted molar refractivity (Wildman–Crippen MR) is 128 cm³/mol. The molecule has 0 spiro atoms. The second-order valence-corrected chi connectivity index (χ2v) is 9.30. The molecule has 6 nitrogen and oxygen atoms in total. The van der Waals surface area contributed by atoms with Crippen LogP contribution >= 0.6 is 0 Å². The lowest BCUT2D eigenvalue weighted by Crippen LogP contribution is -2.42. The normalized spacial score (nSPS) is 20.3. The number of pyridine rings is 2. The maximum atomic E-state index is 13.5. The lowest BCUT2D eigenvalue weighted by Gasteiger charge is -2.41. The van der Waals surface area contributed by atoms with E-state index in [1.54, 1.807) is 18.3 Å². The highest BCUT2D eigenvalue weighted by Gasteiger charge is 2.43. The minimum absolute atomic E-state index is 0.0830. The van der Waals surface area contributed by atoms with E-state index >= 15 is 0 Å². The first-order valence-corrected chi connectivity index (χ1v) is 12.0. The molecule has 1 aliphatic carbocycles. The molecule has 2 aromatic heterocycles. The van der Waals surface area contributed by atoms with Gasteiger partial charge in [-0.15, -0.1) is 0 Å². The number of benzene rings is 1. The van der Waals surface area contributed by atoms with Gasteiger partial charge < -0.3 is 5.32 Å². The van der Waals surface area contributed by atoms with Crippen molar-refractivity contribution in [1.82, 2.24) is 15.3 Å². The first kappa shape index (κ1) is 24.0. The number of aromatic nitrogens is 2.